The number of anilines is 2. The predicted molar refractivity (Wildman–Crippen MR) is 143 cm³/mol. The van der Waals surface area contributed by atoms with Crippen molar-refractivity contribution in [1.82, 2.24) is 14.9 Å². The summed E-state index contributed by atoms with van der Waals surface area (Å²) in [7, 11) is 0. The fourth-order valence-corrected chi connectivity index (χ4v) is 8.34. The van der Waals surface area contributed by atoms with E-state index < -0.39 is 12.3 Å². The number of halogens is 3. The van der Waals surface area contributed by atoms with Gasteiger partial charge in [-0.2, -0.15) is 10.2 Å². The molecule has 1 aromatic carbocycles. The number of ether oxygens (including phenoxy) is 1. The number of aromatic nitrogens is 2. The molecule has 2 aromatic rings. The van der Waals surface area contributed by atoms with Crippen LogP contribution in [0.2, 0.25) is 0 Å². The summed E-state index contributed by atoms with van der Waals surface area (Å²) in [5.41, 5.74) is 0.642. The number of nitriles is 1. The Balaban J connectivity index is 1.14. The van der Waals surface area contributed by atoms with Crippen LogP contribution >= 0.6 is 0 Å². The van der Waals surface area contributed by atoms with Crippen LogP contribution in [-0.2, 0) is 11.3 Å². The van der Waals surface area contributed by atoms with Gasteiger partial charge in [0.1, 0.15) is 29.2 Å². The number of hydrogen-bond acceptors (Lipinski definition) is 8. The van der Waals surface area contributed by atoms with E-state index in [1.807, 2.05) is 0 Å². The molecular formula is C29H33F3N6O3. The van der Waals surface area contributed by atoms with Crippen molar-refractivity contribution in [3.8, 4) is 11.8 Å². The zero-order chi connectivity index (χ0) is 28.8. The first kappa shape index (κ1) is 27.6. The van der Waals surface area contributed by atoms with Crippen LogP contribution in [0.5, 0.6) is 5.75 Å². The molecule has 4 saturated carbocycles. The van der Waals surface area contributed by atoms with E-state index in [2.05, 4.69) is 36.3 Å². The van der Waals surface area contributed by atoms with Gasteiger partial charge in [0.15, 0.2) is 0 Å². The number of carboxylic acids is 1. The van der Waals surface area contributed by atoms with Crippen molar-refractivity contribution in [3.05, 3.63) is 41.6 Å². The van der Waals surface area contributed by atoms with Gasteiger partial charge in [0.05, 0.1) is 6.20 Å². The minimum atomic E-state index is -4.80. The molecule has 9 nitrogen and oxygen atoms in total. The van der Waals surface area contributed by atoms with E-state index in [-0.39, 0.29) is 29.7 Å². The van der Waals surface area contributed by atoms with Gasteiger partial charge >= 0.3 is 12.3 Å². The number of likely N-dealkylation sites (tertiary alicyclic amines) is 1. The van der Waals surface area contributed by atoms with Gasteiger partial charge < -0.3 is 20.5 Å². The molecule has 4 aliphatic carbocycles. The normalized spacial score (nSPS) is 30.6. The van der Waals surface area contributed by atoms with Crippen LogP contribution in [0.25, 0.3) is 0 Å². The van der Waals surface area contributed by atoms with Gasteiger partial charge in [0.25, 0.3) is 0 Å². The molecule has 7 rings (SSSR count). The monoisotopic (exact) mass is 570 g/mol. The molecule has 3 N–H and O–H groups in total. The van der Waals surface area contributed by atoms with Crippen LogP contribution in [0.3, 0.4) is 0 Å². The Kier molecular flexibility index (Phi) is 7.18. The van der Waals surface area contributed by atoms with E-state index >= 15 is 0 Å². The number of aliphatic carboxylic acids is 1. The van der Waals surface area contributed by atoms with Gasteiger partial charge in [-0.15, -0.1) is 13.2 Å². The molecular weight excluding hydrogens is 537 g/mol. The Morgan fingerprint density at radius 1 is 1.20 bits per heavy atom. The second-order valence-electron chi connectivity index (χ2n) is 12.1. The average molecular weight is 571 g/mol. The number of hydrogen-bond donors (Lipinski definition) is 3. The van der Waals surface area contributed by atoms with E-state index in [4.69, 9.17) is 0 Å². The molecule has 1 saturated heterocycles. The summed E-state index contributed by atoms with van der Waals surface area (Å²) >= 11 is 0. The number of nitrogens with zero attached hydrogens (tertiary/aromatic N) is 4. The van der Waals surface area contributed by atoms with Gasteiger partial charge in [0.2, 0.25) is 5.95 Å². The van der Waals surface area contributed by atoms with Crippen molar-refractivity contribution < 1.29 is 27.8 Å². The first-order valence-electron chi connectivity index (χ1n) is 14.2. The highest BCUT2D eigenvalue weighted by Gasteiger charge is 2.57. The fourth-order valence-electron chi connectivity index (χ4n) is 8.34. The Labute approximate surface area is 236 Å². The predicted octanol–water partition coefficient (Wildman–Crippen LogP) is 5.01. The SMILES string of the molecule is N#Cc1cnc(NCc2ccccc2OC(F)(F)F)nc1NCC12CC3CC(C1)C(N1CCC[C@@H]1C(=O)O)C(C3)C2. The van der Waals surface area contributed by atoms with E-state index in [0.29, 0.717) is 47.3 Å². The summed E-state index contributed by atoms with van der Waals surface area (Å²) in [6.07, 6.45) is 3.72. The quantitative estimate of drug-likeness (QED) is 0.382. The molecule has 0 spiro atoms. The number of para-hydroxylation sites is 1. The summed E-state index contributed by atoms with van der Waals surface area (Å²) in [5.74, 6) is 1.15. The number of rotatable bonds is 9. The van der Waals surface area contributed by atoms with E-state index in [0.717, 1.165) is 51.5 Å². The molecule has 2 unspecified atom stereocenters. The fraction of sp³-hybridized carbons (Fsp3) is 0.586. The smallest absolute Gasteiger partial charge is 0.480 e. The van der Waals surface area contributed by atoms with Crippen molar-refractivity contribution in [2.24, 2.45) is 23.2 Å². The second kappa shape index (κ2) is 10.7. The molecule has 41 heavy (non-hydrogen) atoms. The molecule has 3 atom stereocenters. The van der Waals surface area contributed by atoms with Crippen molar-refractivity contribution >= 4 is 17.7 Å². The van der Waals surface area contributed by atoms with E-state index in [1.165, 1.54) is 24.4 Å². The Morgan fingerprint density at radius 3 is 2.66 bits per heavy atom. The topological polar surface area (TPSA) is 123 Å². The number of alkyl halides is 3. The third-order valence-electron chi connectivity index (χ3n) is 9.49. The van der Waals surface area contributed by atoms with Crippen LogP contribution in [0.15, 0.2) is 30.5 Å². The lowest BCUT2D eigenvalue weighted by atomic mass is 9.47. The number of benzene rings is 1. The molecule has 218 valence electrons. The lowest BCUT2D eigenvalue weighted by molar-refractivity contribution is -0.274. The lowest BCUT2D eigenvalue weighted by Crippen LogP contribution is -2.62. The van der Waals surface area contributed by atoms with Gasteiger partial charge in [-0.05, 0) is 80.7 Å². The molecule has 12 heteroatoms. The largest absolute Gasteiger partial charge is 0.573 e. The molecule has 1 aliphatic heterocycles. The zero-order valence-corrected chi connectivity index (χ0v) is 22.5. The van der Waals surface area contributed by atoms with Crippen molar-refractivity contribution in [1.29, 1.82) is 5.26 Å². The highest BCUT2D eigenvalue weighted by molar-refractivity contribution is 5.73. The first-order valence-corrected chi connectivity index (χ1v) is 14.2. The standard InChI is InChI=1S/C29H33F3N6O3/c30-29(31,32)41-23-6-2-1-4-18(23)14-34-27-35-15-21(13-33)25(37-27)36-16-28-10-17-8-19(11-28)24(20(9-17)12-28)38-7-3-5-22(38)26(39)40/h1-2,4,6,15,17,19-20,22,24H,3,5,7-12,14,16H2,(H,39,40)(H2,34,35,36,37)/t17?,19?,20?,22-,24?,28?/m1/s1. The maximum atomic E-state index is 12.8. The average Bonchev–Trinajstić information content (AvgIpc) is 3.40. The van der Waals surface area contributed by atoms with Crippen LogP contribution < -0.4 is 15.4 Å². The third-order valence-corrected chi connectivity index (χ3v) is 9.49. The van der Waals surface area contributed by atoms with Crippen molar-refractivity contribution in [3.63, 3.8) is 0 Å². The zero-order valence-electron chi connectivity index (χ0n) is 22.5. The minimum absolute atomic E-state index is 0.00178. The van der Waals surface area contributed by atoms with Crippen LogP contribution in [-0.4, -0.2) is 57.5 Å². The van der Waals surface area contributed by atoms with E-state index in [1.54, 1.807) is 6.07 Å². The number of nitrogens with one attached hydrogen (secondary N) is 2. The number of carboxylic acid groups (broad SMARTS) is 1. The maximum Gasteiger partial charge on any atom is 0.573 e. The van der Waals surface area contributed by atoms with Gasteiger partial charge in [-0.25, -0.2) is 4.98 Å². The molecule has 0 amide bonds. The van der Waals surface area contributed by atoms with Crippen LogP contribution in [0.4, 0.5) is 24.9 Å². The summed E-state index contributed by atoms with van der Waals surface area (Å²) in [5, 5.41) is 25.8. The molecule has 4 bridgehead atoms. The second-order valence-corrected chi connectivity index (χ2v) is 12.1. The highest BCUT2D eigenvalue weighted by Crippen LogP contribution is 2.61. The number of carbonyl (C=O) groups is 1. The van der Waals surface area contributed by atoms with Gasteiger partial charge in [-0.3, -0.25) is 9.69 Å². The van der Waals surface area contributed by atoms with Crippen molar-refractivity contribution in [2.45, 2.75) is 69.9 Å². The summed E-state index contributed by atoms with van der Waals surface area (Å²) in [6, 6.07) is 7.95. The lowest BCUT2D eigenvalue weighted by Gasteiger charge is -2.62. The van der Waals surface area contributed by atoms with Crippen molar-refractivity contribution in [2.75, 3.05) is 23.7 Å². The minimum Gasteiger partial charge on any atom is -0.480 e. The molecule has 0 radical (unpaired) electrons. The molecule has 5 fully saturated rings. The van der Waals surface area contributed by atoms with Crippen LogP contribution in [0, 0.1) is 34.5 Å². The Morgan fingerprint density at radius 2 is 1.95 bits per heavy atom. The van der Waals surface area contributed by atoms with Gasteiger partial charge in [0, 0.05) is 24.7 Å². The Hall–Kier alpha value is -3.59. The molecule has 1 aromatic heterocycles. The van der Waals surface area contributed by atoms with Gasteiger partial charge in [-0.1, -0.05) is 18.2 Å². The highest BCUT2D eigenvalue weighted by atomic mass is 19.4. The molecule has 5 aliphatic rings. The van der Waals surface area contributed by atoms with Crippen LogP contribution in [0.1, 0.15) is 56.1 Å². The first-order chi connectivity index (χ1) is 19.6. The molecule has 2 heterocycles. The summed E-state index contributed by atoms with van der Waals surface area (Å²) in [4.78, 5) is 22.9. The summed E-state index contributed by atoms with van der Waals surface area (Å²) < 4.78 is 42.5. The Bertz CT molecular complexity index is 1330. The van der Waals surface area contributed by atoms with E-state index in [9.17, 15) is 28.3 Å². The summed E-state index contributed by atoms with van der Waals surface area (Å²) in [6.45, 7) is 1.51. The third kappa shape index (κ3) is 5.64. The maximum absolute atomic E-state index is 12.8.